The Bertz CT molecular complexity index is 1080. The van der Waals surface area contributed by atoms with Gasteiger partial charge in [0.2, 0.25) is 0 Å². The van der Waals surface area contributed by atoms with Crippen LogP contribution in [-0.4, -0.2) is 29.1 Å². The highest BCUT2D eigenvalue weighted by Crippen LogP contribution is 2.43. The number of amides is 1. The number of aliphatic hydroxyl groups is 1. The molecule has 1 atom stereocenters. The number of benzene rings is 1. The first kappa shape index (κ1) is 18.0. The lowest BCUT2D eigenvalue weighted by atomic mass is 10.00. The fourth-order valence-corrected chi connectivity index (χ4v) is 4.00. The van der Waals surface area contributed by atoms with Crippen LogP contribution in [0, 0.1) is 6.92 Å². The van der Waals surface area contributed by atoms with Crippen molar-refractivity contribution < 1.29 is 24.0 Å². The maximum atomic E-state index is 12.9. The molecular formula is C20H16N2O5S. The zero-order valence-electron chi connectivity index (χ0n) is 15.1. The van der Waals surface area contributed by atoms with E-state index in [9.17, 15) is 14.7 Å². The maximum Gasteiger partial charge on any atom is 0.301 e. The predicted molar refractivity (Wildman–Crippen MR) is 103 cm³/mol. The van der Waals surface area contributed by atoms with Crippen molar-refractivity contribution in [2.24, 2.45) is 0 Å². The fraction of sp³-hybridized carbons (Fsp3) is 0.150. The highest BCUT2D eigenvalue weighted by atomic mass is 32.1. The molecule has 142 valence electrons. The zero-order chi connectivity index (χ0) is 19.8. The van der Waals surface area contributed by atoms with E-state index >= 15 is 0 Å². The van der Waals surface area contributed by atoms with E-state index in [2.05, 4.69) is 5.16 Å². The van der Waals surface area contributed by atoms with Crippen LogP contribution < -0.4 is 9.64 Å². The van der Waals surface area contributed by atoms with Crippen LogP contribution in [0.2, 0.25) is 0 Å². The van der Waals surface area contributed by atoms with Gasteiger partial charge in [0.25, 0.3) is 5.78 Å². The monoisotopic (exact) mass is 396 g/mol. The lowest BCUT2D eigenvalue weighted by molar-refractivity contribution is -0.132. The van der Waals surface area contributed by atoms with Crippen LogP contribution >= 0.6 is 11.3 Å². The summed E-state index contributed by atoms with van der Waals surface area (Å²) in [6.07, 6.45) is 0. The van der Waals surface area contributed by atoms with Gasteiger partial charge in [-0.1, -0.05) is 23.4 Å². The summed E-state index contributed by atoms with van der Waals surface area (Å²) in [6.45, 7) is 1.70. The van der Waals surface area contributed by atoms with E-state index in [1.807, 2.05) is 11.4 Å². The van der Waals surface area contributed by atoms with E-state index in [-0.39, 0.29) is 17.2 Å². The van der Waals surface area contributed by atoms with Crippen molar-refractivity contribution in [3.05, 3.63) is 69.6 Å². The number of ether oxygens (including phenoxy) is 1. The number of anilines is 1. The molecule has 7 nitrogen and oxygen atoms in total. The number of aliphatic hydroxyl groups excluding tert-OH is 1. The number of ketones is 1. The Balaban J connectivity index is 1.92. The Kier molecular flexibility index (Phi) is 4.48. The number of thiophene rings is 1. The number of carbonyl (C=O) groups excluding carboxylic acids is 2. The van der Waals surface area contributed by atoms with Crippen LogP contribution in [0.25, 0.3) is 5.76 Å². The van der Waals surface area contributed by atoms with Crippen molar-refractivity contribution in [3.63, 3.8) is 0 Å². The molecule has 3 heterocycles. The van der Waals surface area contributed by atoms with Crippen LogP contribution in [0.5, 0.6) is 5.75 Å². The second kappa shape index (κ2) is 6.97. The molecule has 4 rings (SSSR count). The van der Waals surface area contributed by atoms with Crippen molar-refractivity contribution in [1.82, 2.24) is 5.16 Å². The molecule has 1 saturated heterocycles. The molecule has 0 radical (unpaired) electrons. The summed E-state index contributed by atoms with van der Waals surface area (Å²) in [6, 6.07) is 11.1. The minimum atomic E-state index is -0.796. The lowest BCUT2D eigenvalue weighted by Gasteiger charge is -2.21. The Labute approximate surface area is 164 Å². The van der Waals surface area contributed by atoms with E-state index in [1.54, 1.807) is 43.3 Å². The number of Topliss-reactive ketones (excluding diaryl/α,β-unsaturated/α-hetero) is 1. The van der Waals surface area contributed by atoms with Gasteiger partial charge >= 0.3 is 5.91 Å². The van der Waals surface area contributed by atoms with Crippen molar-refractivity contribution in [3.8, 4) is 5.75 Å². The molecule has 1 amide bonds. The van der Waals surface area contributed by atoms with Crippen LogP contribution in [0.3, 0.4) is 0 Å². The largest absolute Gasteiger partial charge is 0.507 e. The molecule has 1 N–H and O–H groups in total. The Morgan fingerprint density at radius 2 is 2.07 bits per heavy atom. The minimum absolute atomic E-state index is 0.00126. The van der Waals surface area contributed by atoms with Gasteiger partial charge in [-0.15, -0.1) is 11.3 Å². The van der Waals surface area contributed by atoms with Gasteiger partial charge in [-0.3, -0.25) is 14.5 Å². The van der Waals surface area contributed by atoms with Gasteiger partial charge < -0.3 is 14.4 Å². The molecule has 0 bridgehead atoms. The molecule has 1 fully saturated rings. The minimum Gasteiger partial charge on any atom is -0.507 e. The Morgan fingerprint density at radius 3 is 2.71 bits per heavy atom. The van der Waals surface area contributed by atoms with E-state index in [0.717, 1.165) is 4.88 Å². The maximum absolute atomic E-state index is 12.9. The molecular weight excluding hydrogens is 380 g/mol. The van der Waals surface area contributed by atoms with E-state index in [0.29, 0.717) is 17.1 Å². The van der Waals surface area contributed by atoms with Gasteiger partial charge in [0.05, 0.1) is 12.7 Å². The van der Waals surface area contributed by atoms with E-state index in [4.69, 9.17) is 9.26 Å². The third-order valence-electron chi connectivity index (χ3n) is 4.46. The number of methoxy groups -OCH3 is 1. The predicted octanol–water partition coefficient (Wildman–Crippen LogP) is 3.68. The van der Waals surface area contributed by atoms with Crippen molar-refractivity contribution in [2.75, 3.05) is 12.0 Å². The second-order valence-corrected chi connectivity index (χ2v) is 7.19. The van der Waals surface area contributed by atoms with Crippen LogP contribution in [-0.2, 0) is 9.59 Å². The zero-order valence-corrected chi connectivity index (χ0v) is 15.9. The second-order valence-electron chi connectivity index (χ2n) is 6.21. The van der Waals surface area contributed by atoms with Crippen molar-refractivity contribution >= 4 is 34.6 Å². The molecule has 0 saturated carbocycles. The summed E-state index contributed by atoms with van der Waals surface area (Å²) < 4.78 is 10.3. The summed E-state index contributed by atoms with van der Waals surface area (Å²) in [7, 11) is 1.51. The summed E-state index contributed by atoms with van der Waals surface area (Å²) in [5.74, 6) is -0.552. The molecule has 28 heavy (non-hydrogen) atoms. The molecule has 0 unspecified atom stereocenters. The molecule has 0 aliphatic carbocycles. The smallest absolute Gasteiger partial charge is 0.301 e. The standard InChI is InChI=1S/C20H16N2O5S/c1-11-9-15(21-27-11)22-17(14-7-4-8-28-14)16(19(24)20(22)25)18(23)12-5-3-6-13(10-12)26-2/h3-10,17,23H,1-2H3/t17-/m1/s1. The van der Waals surface area contributed by atoms with Gasteiger partial charge in [0, 0.05) is 16.5 Å². The molecule has 8 heteroatoms. The molecule has 2 aromatic heterocycles. The van der Waals surface area contributed by atoms with Gasteiger partial charge in [-0.05, 0) is 30.5 Å². The average Bonchev–Trinajstić information content (AvgIpc) is 3.42. The quantitative estimate of drug-likeness (QED) is 0.411. The van der Waals surface area contributed by atoms with Gasteiger partial charge in [0.15, 0.2) is 5.82 Å². The molecule has 3 aromatic rings. The summed E-state index contributed by atoms with van der Waals surface area (Å²) in [5, 5.41) is 16.7. The van der Waals surface area contributed by atoms with E-state index in [1.165, 1.54) is 23.3 Å². The molecule has 1 aliphatic rings. The number of hydrogen-bond donors (Lipinski definition) is 1. The third-order valence-corrected chi connectivity index (χ3v) is 5.39. The third kappa shape index (κ3) is 2.87. The van der Waals surface area contributed by atoms with Crippen LogP contribution in [0.1, 0.15) is 22.2 Å². The lowest BCUT2D eigenvalue weighted by Crippen LogP contribution is -2.29. The number of aromatic nitrogens is 1. The van der Waals surface area contributed by atoms with Gasteiger partial charge in [-0.2, -0.15) is 0 Å². The Hall–Kier alpha value is -3.39. The number of nitrogens with zero attached hydrogens (tertiary/aromatic N) is 2. The first-order chi connectivity index (χ1) is 13.5. The fourth-order valence-electron chi connectivity index (χ4n) is 3.18. The topological polar surface area (TPSA) is 92.9 Å². The molecule has 1 aromatic carbocycles. The normalized spacial score (nSPS) is 18.6. The number of carbonyl (C=O) groups is 2. The van der Waals surface area contributed by atoms with Gasteiger partial charge in [0.1, 0.15) is 23.3 Å². The van der Waals surface area contributed by atoms with Crippen molar-refractivity contribution in [2.45, 2.75) is 13.0 Å². The van der Waals surface area contributed by atoms with Crippen LogP contribution in [0.4, 0.5) is 5.82 Å². The van der Waals surface area contributed by atoms with Crippen LogP contribution in [0.15, 0.2) is 57.9 Å². The molecule has 1 aliphatic heterocycles. The first-order valence-electron chi connectivity index (χ1n) is 8.43. The van der Waals surface area contributed by atoms with Gasteiger partial charge in [-0.25, -0.2) is 0 Å². The number of rotatable bonds is 4. The summed E-state index contributed by atoms with van der Waals surface area (Å²) in [5.41, 5.74) is 0.386. The summed E-state index contributed by atoms with van der Waals surface area (Å²) in [4.78, 5) is 27.7. The summed E-state index contributed by atoms with van der Waals surface area (Å²) >= 11 is 1.38. The molecule has 0 spiro atoms. The first-order valence-corrected chi connectivity index (χ1v) is 9.31. The highest BCUT2D eigenvalue weighted by Gasteiger charge is 2.48. The average molecular weight is 396 g/mol. The number of hydrogen-bond acceptors (Lipinski definition) is 7. The number of aryl methyl sites for hydroxylation is 1. The Morgan fingerprint density at radius 1 is 1.25 bits per heavy atom. The van der Waals surface area contributed by atoms with E-state index < -0.39 is 17.7 Å². The highest BCUT2D eigenvalue weighted by molar-refractivity contribution is 7.10. The SMILES string of the molecule is COc1cccc(C(O)=C2C(=O)C(=O)N(c3cc(C)on3)[C@@H]2c2cccs2)c1. The van der Waals surface area contributed by atoms with Crippen molar-refractivity contribution in [1.29, 1.82) is 0 Å².